The minimum Gasteiger partial charge on any atom is -0.461 e. The summed E-state index contributed by atoms with van der Waals surface area (Å²) < 4.78 is 35.8. The molecule has 248 valence electrons. The number of benzene rings is 1. The number of carbonyl (C=O) groups excluding carboxylic acids is 1. The van der Waals surface area contributed by atoms with Gasteiger partial charge in [-0.25, -0.2) is 8.42 Å². The van der Waals surface area contributed by atoms with Crippen molar-refractivity contribution >= 4 is 27.1 Å². The number of furan rings is 1. The Hall–Kier alpha value is -2.82. The van der Waals surface area contributed by atoms with Gasteiger partial charge in [0.15, 0.2) is 5.76 Å². The van der Waals surface area contributed by atoms with Gasteiger partial charge in [-0.3, -0.25) is 4.79 Å². The van der Waals surface area contributed by atoms with E-state index in [1.807, 2.05) is 30.3 Å². The molecule has 0 aliphatic heterocycles. The van der Waals surface area contributed by atoms with E-state index in [2.05, 4.69) is 32.1 Å². The Balaban J connectivity index is 1.23. The van der Waals surface area contributed by atoms with Crippen molar-refractivity contribution in [2.45, 2.75) is 81.3 Å². The summed E-state index contributed by atoms with van der Waals surface area (Å²) in [5, 5.41) is 25.6. The summed E-state index contributed by atoms with van der Waals surface area (Å²) in [6.07, 6.45) is 12.6. The second kappa shape index (κ2) is 10.6. The molecule has 3 fully saturated rings. The van der Waals surface area contributed by atoms with E-state index in [1.165, 1.54) is 21.9 Å². The molecule has 7 nitrogen and oxygen atoms in total. The normalized spacial score (nSPS) is 38.9. The largest absolute Gasteiger partial charge is 0.461 e. The lowest BCUT2D eigenvalue weighted by molar-refractivity contribution is -0.174. The molecule has 2 spiro atoms. The highest BCUT2D eigenvalue weighted by atomic mass is 32.2. The zero-order valence-corrected chi connectivity index (χ0v) is 28.6. The lowest BCUT2D eigenvalue weighted by atomic mass is 9.32. The highest BCUT2D eigenvalue weighted by Crippen LogP contribution is 2.78. The van der Waals surface area contributed by atoms with Crippen LogP contribution in [0.5, 0.6) is 0 Å². The molecule has 2 heterocycles. The van der Waals surface area contributed by atoms with Gasteiger partial charge in [-0.05, 0) is 91.3 Å². The van der Waals surface area contributed by atoms with Crippen LogP contribution in [0.15, 0.2) is 98.7 Å². The molecular formula is C38H43NO6S2. The van der Waals surface area contributed by atoms with Gasteiger partial charge in [0, 0.05) is 34.9 Å². The third kappa shape index (κ3) is 4.26. The number of nitrogens with zero attached hydrogens (tertiary/aromatic N) is 1. The summed E-state index contributed by atoms with van der Waals surface area (Å²) >= 11 is 1.19. The molecule has 6 aliphatic carbocycles. The molecule has 3 aromatic rings. The average Bonchev–Trinajstić information content (AvgIpc) is 3.83. The molecule has 6 aliphatic rings. The van der Waals surface area contributed by atoms with Crippen LogP contribution in [0, 0.1) is 33.5 Å². The lowest BCUT2D eigenvalue weighted by Gasteiger charge is -2.71. The van der Waals surface area contributed by atoms with Crippen LogP contribution in [0.4, 0.5) is 0 Å². The van der Waals surface area contributed by atoms with Crippen LogP contribution in [0.3, 0.4) is 0 Å². The van der Waals surface area contributed by atoms with Gasteiger partial charge in [-0.1, -0.05) is 68.5 Å². The van der Waals surface area contributed by atoms with E-state index in [0.717, 1.165) is 36.8 Å². The molecule has 1 aromatic carbocycles. The maximum absolute atomic E-state index is 14.4. The maximum atomic E-state index is 14.4. The molecule has 8 unspecified atom stereocenters. The molecule has 2 bridgehead atoms. The van der Waals surface area contributed by atoms with Gasteiger partial charge in [0.2, 0.25) is 5.78 Å². The molecule has 9 heteroatoms. The SMILES string of the molecule is CC12CCC(O)CC13C=CC1(C(C(=O)c4ccco4)=C3)C2CCC2(C)C1CCC2(O)CN(Cc1ccccc1)S(=O)(=O)c1cccs1. The van der Waals surface area contributed by atoms with Gasteiger partial charge in [0.1, 0.15) is 4.21 Å². The van der Waals surface area contributed by atoms with Crippen LogP contribution in [-0.2, 0) is 16.6 Å². The minimum atomic E-state index is -3.89. The second-order valence-corrected chi connectivity index (χ2v) is 18.4. The van der Waals surface area contributed by atoms with E-state index in [9.17, 15) is 23.4 Å². The zero-order valence-electron chi connectivity index (χ0n) is 27.0. The van der Waals surface area contributed by atoms with Crippen LogP contribution < -0.4 is 0 Å². The number of hydrogen-bond acceptors (Lipinski definition) is 7. The number of sulfonamides is 1. The summed E-state index contributed by atoms with van der Waals surface area (Å²) in [4.78, 5) is 14.4. The highest BCUT2D eigenvalue weighted by molar-refractivity contribution is 7.91. The fourth-order valence-electron chi connectivity index (χ4n) is 11.0. The molecule has 2 aromatic heterocycles. The first-order valence-electron chi connectivity index (χ1n) is 16.9. The molecule has 0 saturated heterocycles. The second-order valence-electron chi connectivity index (χ2n) is 15.3. The van der Waals surface area contributed by atoms with Gasteiger partial charge in [0.25, 0.3) is 10.0 Å². The molecule has 47 heavy (non-hydrogen) atoms. The molecule has 3 saturated carbocycles. The predicted octanol–water partition coefficient (Wildman–Crippen LogP) is 7.01. The summed E-state index contributed by atoms with van der Waals surface area (Å²) in [6.45, 7) is 4.62. The summed E-state index contributed by atoms with van der Waals surface area (Å²) in [5.74, 6) is 0.222. The predicted molar refractivity (Wildman–Crippen MR) is 180 cm³/mol. The number of carbonyl (C=O) groups is 1. The van der Waals surface area contributed by atoms with Crippen LogP contribution in [0.2, 0.25) is 0 Å². The van der Waals surface area contributed by atoms with E-state index in [-0.39, 0.29) is 40.3 Å². The fourth-order valence-corrected chi connectivity index (χ4v) is 13.6. The van der Waals surface area contributed by atoms with Crippen molar-refractivity contribution in [1.29, 1.82) is 0 Å². The Kier molecular flexibility index (Phi) is 7.08. The number of hydrogen-bond donors (Lipinski definition) is 2. The maximum Gasteiger partial charge on any atom is 0.252 e. The van der Waals surface area contributed by atoms with Gasteiger partial charge < -0.3 is 14.6 Å². The number of Topliss-reactive ketones (excluding diaryl/α,β-unsaturated/α-hetero) is 1. The van der Waals surface area contributed by atoms with Gasteiger partial charge in [0.05, 0.1) is 18.0 Å². The van der Waals surface area contributed by atoms with Gasteiger partial charge in [-0.2, -0.15) is 4.31 Å². The fraction of sp³-hybridized carbons (Fsp3) is 0.500. The Bertz CT molecular complexity index is 1850. The van der Waals surface area contributed by atoms with Crippen LogP contribution >= 0.6 is 11.3 Å². The third-order valence-corrected chi connectivity index (χ3v) is 16.6. The van der Waals surface area contributed by atoms with Crippen molar-refractivity contribution in [3.8, 4) is 0 Å². The number of thiophene rings is 1. The van der Waals surface area contributed by atoms with E-state index in [0.29, 0.717) is 25.0 Å². The quantitative estimate of drug-likeness (QED) is 0.197. The Morgan fingerprint density at radius 1 is 0.957 bits per heavy atom. The van der Waals surface area contributed by atoms with E-state index < -0.39 is 38.0 Å². The molecule has 9 rings (SSSR count). The first-order valence-corrected chi connectivity index (χ1v) is 19.2. The minimum absolute atomic E-state index is 0.0296. The molecule has 2 N–H and O–H groups in total. The van der Waals surface area contributed by atoms with Crippen LogP contribution in [0.25, 0.3) is 0 Å². The number of aliphatic hydroxyl groups is 2. The molecular weight excluding hydrogens is 631 g/mol. The van der Waals surface area contributed by atoms with E-state index >= 15 is 0 Å². The summed E-state index contributed by atoms with van der Waals surface area (Å²) in [6, 6.07) is 16.4. The third-order valence-electron chi connectivity index (χ3n) is 13.4. The Morgan fingerprint density at radius 3 is 2.43 bits per heavy atom. The van der Waals surface area contributed by atoms with Crippen molar-refractivity contribution in [3.05, 3.63) is 101 Å². The van der Waals surface area contributed by atoms with Crippen molar-refractivity contribution in [3.63, 3.8) is 0 Å². The van der Waals surface area contributed by atoms with Crippen molar-refractivity contribution in [1.82, 2.24) is 4.31 Å². The number of ketones is 1. The zero-order chi connectivity index (χ0) is 32.9. The Morgan fingerprint density at radius 2 is 1.70 bits per heavy atom. The summed E-state index contributed by atoms with van der Waals surface area (Å²) in [7, 11) is -3.89. The number of fused-ring (bicyclic) bond motifs is 1. The van der Waals surface area contributed by atoms with Crippen LogP contribution in [-0.4, -0.2) is 47.0 Å². The number of aliphatic hydroxyl groups excluding tert-OH is 1. The van der Waals surface area contributed by atoms with Gasteiger partial charge in [-0.15, -0.1) is 11.3 Å². The molecule has 0 radical (unpaired) electrons. The monoisotopic (exact) mass is 673 g/mol. The first-order chi connectivity index (χ1) is 22.4. The lowest BCUT2D eigenvalue weighted by Crippen LogP contribution is -2.67. The topological polar surface area (TPSA) is 108 Å². The standard InChI is InChI=1S/C38H43NO6S2/c1-34-15-12-27(40)22-36(34)18-19-38(28(23-36)33(41)29-10-6-20-45-29)30(34)13-16-35(2)31(38)14-17-37(35,42)25-39(24-26-8-4-3-5-9-26)47(43,44)32-11-7-21-46-32/h3-11,18-21,23,27,30-31,40,42H,12-17,22,24-25H2,1-2H3. The van der Waals surface area contributed by atoms with E-state index in [1.54, 1.807) is 29.6 Å². The highest BCUT2D eigenvalue weighted by Gasteiger charge is 2.74. The number of allylic oxidation sites excluding steroid dienone is 4. The number of rotatable bonds is 8. The first kappa shape index (κ1) is 31.4. The van der Waals surface area contributed by atoms with Crippen molar-refractivity contribution in [2.75, 3.05) is 6.54 Å². The Labute approximate surface area is 281 Å². The van der Waals surface area contributed by atoms with E-state index in [4.69, 9.17) is 4.42 Å². The van der Waals surface area contributed by atoms with Crippen molar-refractivity contribution < 1.29 is 27.8 Å². The van der Waals surface area contributed by atoms with Crippen molar-refractivity contribution in [2.24, 2.45) is 33.5 Å². The van der Waals surface area contributed by atoms with Crippen LogP contribution in [0.1, 0.15) is 74.9 Å². The smallest absolute Gasteiger partial charge is 0.252 e. The molecule has 0 amide bonds. The average molecular weight is 674 g/mol. The molecule has 8 atom stereocenters. The summed E-state index contributed by atoms with van der Waals surface area (Å²) in [5.41, 5.74) is -1.64. The van der Waals surface area contributed by atoms with Gasteiger partial charge >= 0.3 is 0 Å².